The highest BCUT2D eigenvalue weighted by molar-refractivity contribution is 7.89. The second kappa shape index (κ2) is 7.90. The molecule has 2 aliphatic heterocycles. The highest BCUT2D eigenvalue weighted by Crippen LogP contribution is 2.54. The predicted octanol–water partition coefficient (Wildman–Crippen LogP) is 5.05. The molecule has 0 aliphatic carbocycles. The second-order valence-corrected chi connectivity index (χ2v) is 10.6. The number of benzene rings is 3. The summed E-state index contributed by atoms with van der Waals surface area (Å²) in [6.07, 6.45) is -0.117. The summed E-state index contributed by atoms with van der Waals surface area (Å²) in [6.45, 7) is 5.09. The number of hydrogen-bond donors (Lipinski definition) is 0. The van der Waals surface area contributed by atoms with Gasteiger partial charge in [0.25, 0.3) is 0 Å². The molecule has 5 heteroatoms. The molecule has 0 bridgehead atoms. The molecule has 5 rings (SSSR count). The lowest BCUT2D eigenvalue weighted by Gasteiger charge is -2.31. The fourth-order valence-electron chi connectivity index (χ4n) is 5.04. The molecule has 2 heterocycles. The van der Waals surface area contributed by atoms with Gasteiger partial charge in [-0.15, -0.1) is 0 Å². The van der Waals surface area contributed by atoms with Gasteiger partial charge in [0, 0.05) is 18.4 Å². The van der Waals surface area contributed by atoms with Crippen LogP contribution in [0, 0.1) is 25.7 Å². The zero-order valence-electron chi connectivity index (χ0n) is 17.8. The Bertz CT molecular complexity index is 1160. The normalized spacial score (nSPS) is 26.1. The minimum absolute atomic E-state index is 0.0744. The molecule has 2 aliphatic rings. The number of hydrogen-bond acceptors (Lipinski definition) is 3. The summed E-state index contributed by atoms with van der Waals surface area (Å²) in [4.78, 5) is 0.354. The van der Waals surface area contributed by atoms with E-state index in [9.17, 15) is 8.42 Å². The molecule has 0 aromatic heterocycles. The van der Waals surface area contributed by atoms with Gasteiger partial charge >= 0.3 is 0 Å². The van der Waals surface area contributed by atoms with Crippen LogP contribution >= 0.6 is 0 Å². The first-order chi connectivity index (χ1) is 14.9. The SMILES string of the molecule is Cc1ccc([C@@H]2OC[C@@H]3CN(S(=O)(=O)c4ccc(C)cc4)[C@@H](c4ccccc4)[C@@H]32)cc1. The van der Waals surface area contributed by atoms with Crippen LogP contribution in [0.3, 0.4) is 0 Å². The van der Waals surface area contributed by atoms with Gasteiger partial charge in [-0.3, -0.25) is 0 Å². The van der Waals surface area contributed by atoms with Crippen molar-refractivity contribution in [1.82, 2.24) is 4.31 Å². The van der Waals surface area contributed by atoms with Gasteiger partial charge in [-0.05, 0) is 37.1 Å². The van der Waals surface area contributed by atoms with E-state index >= 15 is 0 Å². The summed E-state index contributed by atoms with van der Waals surface area (Å²) in [5.41, 5.74) is 4.39. The van der Waals surface area contributed by atoms with Crippen molar-refractivity contribution in [2.24, 2.45) is 11.8 Å². The average Bonchev–Trinajstić information content (AvgIpc) is 3.35. The van der Waals surface area contributed by atoms with E-state index in [4.69, 9.17) is 4.74 Å². The van der Waals surface area contributed by atoms with Gasteiger partial charge in [0.1, 0.15) is 0 Å². The fraction of sp³-hybridized carbons (Fsp3) is 0.308. The van der Waals surface area contributed by atoms with Gasteiger partial charge in [0.05, 0.1) is 23.6 Å². The number of rotatable bonds is 4. The average molecular weight is 434 g/mol. The summed E-state index contributed by atoms with van der Waals surface area (Å²) < 4.78 is 35.4. The van der Waals surface area contributed by atoms with E-state index in [0.29, 0.717) is 18.0 Å². The molecular weight excluding hydrogens is 406 g/mol. The molecule has 4 atom stereocenters. The molecule has 0 radical (unpaired) electrons. The van der Waals surface area contributed by atoms with Crippen molar-refractivity contribution in [3.63, 3.8) is 0 Å². The molecule has 160 valence electrons. The highest BCUT2D eigenvalue weighted by atomic mass is 32.2. The molecule has 0 amide bonds. The van der Waals surface area contributed by atoms with Gasteiger partial charge in [-0.1, -0.05) is 77.9 Å². The molecule has 3 aromatic carbocycles. The van der Waals surface area contributed by atoms with E-state index in [1.54, 1.807) is 16.4 Å². The molecule has 31 heavy (non-hydrogen) atoms. The van der Waals surface area contributed by atoms with Crippen LogP contribution in [-0.2, 0) is 14.8 Å². The number of sulfonamides is 1. The Morgan fingerprint density at radius 3 is 2.06 bits per heavy atom. The highest BCUT2D eigenvalue weighted by Gasteiger charge is 2.54. The largest absolute Gasteiger partial charge is 0.373 e. The Morgan fingerprint density at radius 1 is 0.806 bits per heavy atom. The van der Waals surface area contributed by atoms with Gasteiger partial charge in [0.2, 0.25) is 10.0 Å². The van der Waals surface area contributed by atoms with E-state index in [0.717, 1.165) is 16.7 Å². The first-order valence-electron chi connectivity index (χ1n) is 10.8. The van der Waals surface area contributed by atoms with Gasteiger partial charge in [-0.25, -0.2) is 8.42 Å². The van der Waals surface area contributed by atoms with Gasteiger partial charge in [-0.2, -0.15) is 4.31 Å². The van der Waals surface area contributed by atoms with Gasteiger partial charge in [0.15, 0.2) is 0 Å². The molecule has 0 unspecified atom stereocenters. The third kappa shape index (κ3) is 3.61. The number of aryl methyl sites for hydroxylation is 2. The number of ether oxygens (including phenoxy) is 1. The lowest BCUT2D eigenvalue weighted by atomic mass is 9.82. The standard InChI is InChI=1S/C26H27NO3S/c1-18-8-12-21(13-9-18)26-24-22(17-30-26)16-27(25(24)20-6-4-3-5-7-20)31(28,29)23-14-10-19(2)11-15-23/h3-15,22,24-26H,16-17H2,1-2H3/t22-,24+,25-,26-/m0/s1. The molecule has 0 spiro atoms. The summed E-state index contributed by atoms with van der Waals surface area (Å²) in [7, 11) is -3.63. The Kier molecular flexibility index (Phi) is 5.21. The lowest BCUT2D eigenvalue weighted by molar-refractivity contribution is 0.0695. The van der Waals surface area contributed by atoms with Crippen molar-refractivity contribution in [1.29, 1.82) is 0 Å². The first kappa shape index (κ1) is 20.4. The van der Waals surface area contributed by atoms with E-state index < -0.39 is 10.0 Å². The van der Waals surface area contributed by atoms with Crippen LogP contribution in [0.2, 0.25) is 0 Å². The van der Waals surface area contributed by atoms with Crippen molar-refractivity contribution >= 4 is 10.0 Å². The Balaban J connectivity index is 1.58. The van der Waals surface area contributed by atoms with Crippen LogP contribution in [0.1, 0.15) is 34.4 Å². The summed E-state index contributed by atoms with van der Waals surface area (Å²) >= 11 is 0. The molecule has 2 saturated heterocycles. The topological polar surface area (TPSA) is 46.6 Å². The summed E-state index contributed by atoms with van der Waals surface area (Å²) in [5.74, 6) is 0.238. The maximum absolute atomic E-state index is 13.7. The van der Waals surface area contributed by atoms with Crippen molar-refractivity contribution in [2.75, 3.05) is 13.2 Å². The quantitative estimate of drug-likeness (QED) is 0.578. The van der Waals surface area contributed by atoms with Crippen LogP contribution in [0.25, 0.3) is 0 Å². The van der Waals surface area contributed by atoms with Gasteiger partial charge < -0.3 is 4.74 Å². The molecule has 0 saturated carbocycles. The minimum Gasteiger partial charge on any atom is -0.373 e. The van der Waals surface area contributed by atoms with E-state index in [2.05, 4.69) is 31.2 Å². The van der Waals surface area contributed by atoms with Crippen LogP contribution in [-0.4, -0.2) is 25.9 Å². The zero-order valence-corrected chi connectivity index (χ0v) is 18.6. The third-order valence-electron chi connectivity index (χ3n) is 6.65. The Morgan fingerprint density at radius 2 is 1.42 bits per heavy atom. The molecule has 0 N–H and O–H groups in total. The minimum atomic E-state index is -3.63. The van der Waals surface area contributed by atoms with Crippen molar-refractivity contribution in [2.45, 2.75) is 30.9 Å². The second-order valence-electron chi connectivity index (χ2n) is 8.75. The third-order valence-corrected chi connectivity index (χ3v) is 8.51. The first-order valence-corrected chi connectivity index (χ1v) is 12.2. The van der Waals surface area contributed by atoms with Crippen molar-refractivity contribution in [3.8, 4) is 0 Å². The maximum Gasteiger partial charge on any atom is 0.243 e. The molecule has 2 fully saturated rings. The van der Waals surface area contributed by atoms with E-state index in [1.807, 2.05) is 49.4 Å². The summed E-state index contributed by atoms with van der Waals surface area (Å²) in [5, 5.41) is 0. The number of nitrogens with zero attached hydrogens (tertiary/aromatic N) is 1. The molecule has 4 nitrogen and oxygen atoms in total. The van der Waals surface area contributed by atoms with Crippen molar-refractivity contribution in [3.05, 3.63) is 101 Å². The molecule has 3 aromatic rings. The maximum atomic E-state index is 13.7. The van der Waals surface area contributed by atoms with Crippen molar-refractivity contribution < 1.29 is 13.2 Å². The Hall–Kier alpha value is -2.47. The van der Waals surface area contributed by atoms with Crippen LogP contribution < -0.4 is 0 Å². The smallest absolute Gasteiger partial charge is 0.243 e. The molecular formula is C26H27NO3S. The van der Waals surface area contributed by atoms with E-state index in [-0.39, 0.29) is 24.0 Å². The van der Waals surface area contributed by atoms with E-state index in [1.165, 1.54) is 5.56 Å². The van der Waals surface area contributed by atoms with Crippen LogP contribution in [0.4, 0.5) is 0 Å². The van der Waals surface area contributed by atoms with Crippen LogP contribution in [0.5, 0.6) is 0 Å². The Labute approximate surface area is 184 Å². The monoisotopic (exact) mass is 433 g/mol. The van der Waals surface area contributed by atoms with Crippen LogP contribution in [0.15, 0.2) is 83.8 Å². The zero-order chi connectivity index (χ0) is 21.6. The predicted molar refractivity (Wildman–Crippen MR) is 121 cm³/mol. The fourth-order valence-corrected chi connectivity index (χ4v) is 6.74. The summed E-state index contributed by atoms with van der Waals surface area (Å²) in [6, 6.07) is 25.3. The number of fused-ring (bicyclic) bond motifs is 1. The lowest BCUT2D eigenvalue weighted by Crippen LogP contribution is -2.33.